The molecule has 0 saturated carbocycles. The Morgan fingerprint density at radius 2 is 2.17 bits per heavy atom. The average molecular weight is 242 g/mol. The quantitative estimate of drug-likeness (QED) is 0.632. The van der Waals surface area contributed by atoms with Crippen LogP contribution in [0.25, 0.3) is 0 Å². The summed E-state index contributed by atoms with van der Waals surface area (Å²) in [6.07, 6.45) is 4.34. The first-order valence-electron chi connectivity index (χ1n) is 6.20. The lowest BCUT2D eigenvalue weighted by Gasteiger charge is -2.13. The van der Waals surface area contributed by atoms with Crippen molar-refractivity contribution in [3.05, 3.63) is 41.1 Å². The lowest BCUT2D eigenvalue weighted by atomic mass is 9.98. The molecule has 18 heavy (non-hydrogen) atoms. The highest BCUT2D eigenvalue weighted by Crippen LogP contribution is 2.26. The van der Waals surface area contributed by atoms with E-state index in [1.807, 2.05) is 13.0 Å². The molecule has 1 aliphatic carbocycles. The van der Waals surface area contributed by atoms with E-state index < -0.39 is 0 Å². The van der Waals surface area contributed by atoms with E-state index in [2.05, 4.69) is 18.0 Å². The second-order valence-electron chi connectivity index (χ2n) is 4.83. The Balaban J connectivity index is 2.45. The Bertz CT molecular complexity index is 517. The van der Waals surface area contributed by atoms with Crippen LogP contribution in [0.3, 0.4) is 0 Å². The van der Waals surface area contributed by atoms with Crippen LogP contribution in [-0.2, 0) is 17.6 Å². The van der Waals surface area contributed by atoms with Crippen LogP contribution in [0, 0.1) is 5.41 Å². The minimum Gasteiger partial charge on any atom is -0.359 e. The highest BCUT2D eigenvalue weighted by Gasteiger charge is 2.15. The average Bonchev–Trinajstić information content (AvgIpc) is 2.48. The maximum absolute atomic E-state index is 11.6. The summed E-state index contributed by atoms with van der Waals surface area (Å²) in [4.78, 5) is 11.6. The molecule has 1 aliphatic rings. The van der Waals surface area contributed by atoms with Crippen LogP contribution in [0.4, 0.5) is 5.69 Å². The molecule has 0 unspecified atom stereocenters. The molecular weight excluding hydrogens is 224 g/mol. The molecule has 0 aliphatic heterocycles. The van der Waals surface area contributed by atoms with Gasteiger partial charge < -0.3 is 10.7 Å². The van der Waals surface area contributed by atoms with E-state index in [1.165, 1.54) is 11.8 Å². The van der Waals surface area contributed by atoms with Crippen LogP contribution >= 0.6 is 0 Å². The first kappa shape index (κ1) is 12.6. The molecule has 0 bridgehead atoms. The summed E-state index contributed by atoms with van der Waals surface area (Å²) in [7, 11) is 0. The van der Waals surface area contributed by atoms with Crippen molar-refractivity contribution >= 4 is 17.7 Å². The normalized spacial score (nSPS) is 14.6. The van der Waals surface area contributed by atoms with Gasteiger partial charge in [0, 0.05) is 36.0 Å². The van der Waals surface area contributed by atoms with Gasteiger partial charge in [0.1, 0.15) is 5.78 Å². The van der Waals surface area contributed by atoms with Gasteiger partial charge in [0.15, 0.2) is 0 Å². The highest BCUT2D eigenvalue weighted by molar-refractivity contribution is 5.89. The summed E-state index contributed by atoms with van der Waals surface area (Å²) in [5.74, 6) is 0.297. The van der Waals surface area contributed by atoms with Gasteiger partial charge in [-0.2, -0.15) is 0 Å². The highest BCUT2D eigenvalue weighted by atomic mass is 16.1. The van der Waals surface area contributed by atoms with Crippen LogP contribution in [0.15, 0.2) is 24.4 Å². The third kappa shape index (κ3) is 2.67. The summed E-state index contributed by atoms with van der Waals surface area (Å²) in [5.41, 5.74) is 4.86. The van der Waals surface area contributed by atoms with Gasteiger partial charge in [0.05, 0.1) is 0 Å². The van der Waals surface area contributed by atoms with E-state index >= 15 is 0 Å². The van der Waals surface area contributed by atoms with Gasteiger partial charge in [0.2, 0.25) is 0 Å². The zero-order valence-electron chi connectivity index (χ0n) is 10.7. The van der Waals surface area contributed by atoms with Crippen LogP contribution < -0.4 is 5.32 Å². The van der Waals surface area contributed by atoms with Crippen LogP contribution in [-0.4, -0.2) is 12.0 Å². The minimum absolute atomic E-state index is 0.297. The molecule has 2 N–H and O–H groups in total. The molecule has 0 radical (unpaired) electrons. The fraction of sp³-hybridized carbons (Fsp3) is 0.333. The van der Waals surface area contributed by atoms with Gasteiger partial charge in [-0.25, -0.2) is 0 Å². The summed E-state index contributed by atoms with van der Waals surface area (Å²) in [6.45, 7) is 5.72. The summed E-state index contributed by atoms with van der Waals surface area (Å²) < 4.78 is 0. The third-order valence-electron chi connectivity index (χ3n) is 3.16. The zero-order valence-corrected chi connectivity index (χ0v) is 10.7. The molecule has 0 atom stereocenters. The van der Waals surface area contributed by atoms with Crippen LogP contribution in [0.5, 0.6) is 0 Å². The van der Waals surface area contributed by atoms with Crippen molar-refractivity contribution in [1.29, 1.82) is 5.41 Å². The fourth-order valence-electron chi connectivity index (χ4n) is 2.34. The molecule has 3 heteroatoms. The van der Waals surface area contributed by atoms with Gasteiger partial charge in [-0.1, -0.05) is 6.58 Å². The number of allylic oxidation sites excluding steroid dienone is 1. The predicted molar refractivity (Wildman–Crippen MR) is 74.4 cm³/mol. The van der Waals surface area contributed by atoms with Gasteiger partial charge in [0.25, 0.3) is 0 Å². The number of carbonyl (C=O) groups is 1. The molecule has 0 amide bonds. The van der Waals surface area contributed by atoms with Crippen LogP contribution in [0.1, 0.15) is 36.5 Å². The second kappa shape index (κ2) is 5.17. The molecule has 1 aromatic rings. The van der Waals surface area contributed by atoms with Crippen molar-refractivity contribution in [2.45, 2.75) is 32.6 Å². The number of ketones is 1. The van der Waals surface area contributed by atoms with Crippen molar-refractivity contribution in [2.24, 2.45) is 0 Å². The number of hydrogen-bond donors (Lipinski definition) is 2. The molecule has 0 saturated heterocycles. The van der Waals surface area contributed by atoms with Gasteiger partial charge in [-0.15, -0.1) is 0 Å². The Morgan fingerprint density at radius 3 is 2.83 bits per heavy atom. The molecule has 0 heterocycles. The monoisotopic (exact) mass is 242 g/mol. The van der Waals surface area contributed by atoms with Crippen molar-refractivity contribution in [3.8, 4) is 0 Å². The molecule has 0 spiro atoms. The number of benzene rings is 1. The molecule has 0 aromatic heterocycles. The van der Waals surface area contributed by atoms with Crippen LogP contribution in [0.2, 0.25) is 0 Å². The summed E-state index contributed by atoms with van der Waals surface area (Å²) in [5, 5.41) is 10.6. The van der Waals surface area contributed by atoms with E-state index in [0.717, 1.165) is 35.4 Å². The number of aryl methyl sites for hydroxylation is 1. The number of anilines is 1. The smallest absolute Gasteiger partial charge is 0.137 e. The maximum atomic E-state index is 11.6. The lowest BCUT2D eigenvalue weighted by Crippen LogP contribution is -2.04. The van der Waals surface area contributed by atoms with Crippen molar-refractivity contribution in [1.82, 2.24) is 0 Å². The minimum atomic E-state index is 0.297. The summed E-state index contributed by atoms with van der Waals surface area (Å²) in [6, 6.07) is 4.01. The maximum Gasteiger partial charge on any atom is 0.137 e. The van der Waals surface area contributed by atoms with E-state index in [4.69, 9.17) is 5.41 Å². The van der Waals surface area contributed by atoms with E-state index in [-0.39, 0.29) is 0 Å². The summed E-state index contributed by atoms with van der Waals surface area (Å²) >= 11 is 0. The van der Waals surface area contributed by atoms with E-state index in [9.17, 15) is 4.79 Å². The number of nitrogens with one attached hydrogen (secondary N) is 2. The Kier molecular flexibility index (Phi) is 3.60. The van der Waals surface area contributed by atoms with Crippen molar-refractivity contribution in [2.75, 3.05) is 5.32 Å². The van der Waals surface area contributed by atoms with Crippen molar-refractivity contribution in [3.63, 3.8) is 0 Å². The largest absolute Gasteiger partial charge is 0.359 e. The molecule has 1 aromatic carbocycles. The number of fused-ring (bicyclic) bond motifs is 1. The van der Waals surface area contributed by atoms with E-state index in [1.54, 1.807) is 0 Å². The Morgan fingerprint density at radius 1 is 1.39 bits per heavy atom. The zero-order chi connectivity index (χ0) is 13.1. The SMILES string of the molecule is C=C(C)Nc1cc2c(cc1C=N)CC(=O)CCC2. The molecule has 0 fully saturated rings. The topological polar surface area (TPSA) is 53.0 Å². The fourth-order valence-corrected chi connectivity index (χ4v) is 2.34. The molecule has 94 valence electrons. The van der Waals surface area contributed by atoms with E-state index in [0.29, 0.717) is 18.6 Å². The lowest BCUT2D eigenvalue weighted by molar-refractivity contribution is -0.118. The molecule has 3 nitrogen and oxygen atoms in total. The number of rotatable bonds is 3. The predicted octanol–water partition coefficient (Wildman–Crippen LogP) is 3.08. The van der Waals surface area contributed by atoms with Crippen molar-refractivity contribution < 1.29 is 4.79 Å². The number of Topliss-reactive ketones (excluding diaryl/α,β-unsaturated/α-hetero) is 1. The molecular formula is C15H18N2O. The Hall–Kier alpha value is -1.90. The first-order chi connectivity index (χ1) is 8.60. The Labute approximate surface area is 107 Å². The third-order valence-corrected chi connectivity index (χ3v) is 3.16. The van der Waals surface area contributed by atoms with Gasteiger partial charge >= 0.3 is 0 Å². The van der Waals surface area contributed by atoms with Gasteiger partial charge in [-0.05, 0) is 43.0 Å². The standard InChI is InChI=1S/C15H18N2O/c1-10(2)17-15-8-11-4-3-5-14(18)7-12(11)6-13(15)9-16/h6,8-9,16-17H,1,3-5,7H2,2H3. The molecule has 2 rings (SSSR count). The first-order valence-corrected chi connectivity index (χ1v) is 6.20. The number of carbonyl (C=O) groups excluding carboxylic acids is 1. The number of hydrogen-bond acceptors (Lipinski definition) is 3. The van der Waals surface area contributed by atoms with Gasteiger partial charge in [-0.3, -0.25) is 4.79 Å². The second-order valence-corrected chi connectivity index (χ2v) is 4.83.